The monoisotopic (exact) mass is 333 g/mol. The normalized spacial score (nSPS) is 11.3. The van der Waals surface area contributed by atoms with Crippen LogP contribution in [-0.2, 0) is 6.54 Å². The molecule has 0 saturated heterocycles. The molecule has 0 aliphatic heterocycles. The maximum Gasteiger partial charge on any atom is 0.227 e. The highest BCUT2D eigenvalue weighted by molar-refractivity contribution is 5.52. The molecule has 0 saturated carbocycles. The van der Waals surface area contributed by atoms with Crippen molar-refractivity contribution in [2.45, 2.75) is 26.3 Å². The Morgan fingerprint density at radius 3 is 2.76 bits per heavy atom. The van der Waals surface area contributed by atoms with Gasteiger partial charge in [0.15, 0.2) is 5.65 Å². The van der Waals surface area contributed by atoms with E-state index in [1.54, 1.807) is 17.0 Å². The third kappa shape index (κ3) is 2.84. The van der Waals surface area contributed by atoms with Gasteiger partial charge in [-0.15, -0.1) is 0 Å². The Morgan fingerprint density at radius 2 is 1.96 bits per heavy atom. The second-order valence-electron chi connectivity index (χ2n) is 6.12. The average molecular weight is 333 g/mol. The minimum Gasteiger partial charge on any atom is -0.350 e. The van der Waals surface area contributed by atoms with E-state index in [2.05, 4.69) is 45.4 Å². The van der Waals surface area contributed by atoms with Gasteiger partial charge in [-0.2, -0.15) is 14.7 Å². The van der Waals surface area contributed by atoms with Gasteiger partial charge in [0, 0.05) is 24.5 Å². The van der Waals surface area contributed by atoms with Gasteiger partial charge in [0.05, 0.1) is 11.9 Å². The summed E-state index contributed by atoms with van der Waals surface area (Å²) in [6.45, 7) is 4.87. The third-order valence-corrected chi connectivity index (χ3v) is 4.13. The molecule has 7 nitrogen and oxygen atoms in total. The van der Waals surface area contributed by atoms with Crippen molar-refractivity contribution in [3.05, 3.63) is 66.4 Å². The zero-order valence-electron chi connectivity index (χ0n) is 14.2. The van der Waals surface area contributed by atoms with E-state index in [9.17, 15) is 0 Å². The average Bonchev–Trinajstić information content (AvgIpc) is 3.30. The van der Waals surface area contributed by atoms with Crippen LogP contribution in [0.15, 0.2) is 55.2 Å². The fourth-order valence-electron chi connectivity index (χ4n) is 2.83. The molecular formula is C18H19N7. The smallest absolute Gasteiger partial charge is 0.227 e. The summed E-state index contributed by atoms with van der Waals surface area (Å²) in [6, 6.07) is 10.1. The first-order valence-electron chi connectivity index (χ1n) is 8.24. The number of hydrogen-bond donors (Lipinski definition) is 1. The van der Waals surface area contributed by atoms with Crippen LogP contribution in [0.5, 0.6) is 0 Å². The quantitative estimate of drug-likeness (QED) is 0.608. The molecule has 4 rings (SSSR count). The second kappa shape index (κ2) is 6.35. The first-order chi connectivity index (χ1) is 12.2. The zero-order valence-corrected chi connectivity index (χ0v) is 14.2. The molecule has 0 atom stereocenters. The van der Waals surface area contributed by atoms with E-state index in [1.807, 2.05) is 41.3 Å². The summed E-state index contributed by atoms with van der Waals surface area (Å²) in [5.41, 5.74) is 4.11. The number of nitrogens with one attached hydrogen (secondary N) is 1. The summed E-state index contributed by atoms with van der Waals surface area (Å²) >= 11 is 0. The number of nitrogens with zero attached hydrogens (tertiary/aromatic N) is 6. The summed E-state index contributed by atoms with van der Waals surface area (Å²) in [5, 5.41) is 12.1. The van der Waals surface area contributed by atoms with Gasteiger partial charge in [-0.3, -0.25) is 0 Å². The summed E-state index contributed by atoms with van der Waals surface area (Å²) < 4.78 is 3.61. The molecular weight excluding hydrogens is 314 g/mol. The van der Waals surface area contributed by atoms with Crippen molar-refractivity contribution in [3.63, 3.8) is 0 Å². The van der Waals surface area contributed by atoms with Gasteiger partial charge in [-0.05, 0) is 23.6 Å². The Morgan fingerprint density at radius 1 is 1.08 bits per heavy atom. The molecule has 0 bridgehead atoms. The highest BCUT2D eigenvalue weighted by atomic mass is 15.3. The van der Waals surface area contributed by atoms with Crippen LogP contribution in [0.1, 0.15) is 30.9 Å². The van der Waals surface area contributed by atoms with Crippen LogP contribution in [0.25, 0.3) is 11.3 Å². The number of hydrogen-bond acceptors (Lipinski definition) is 5. The first-order valence-corrected chi connectivity index (χ1v) is 8.24. The van der Waals surface area contributed by atoms with Crippen molar-refractivity contribution >= 4 is 11.6 Å². The van der Waals surface area contributed by atoms with Crippen LogP contribution in [0.3, 0.4) is 0 Å². The van der Waals surface area contributed by atoms with Gasteiger partial charge in [0.2, 0.25) is 5.95 Å². The molecule has 3 heterocycles. The van der Waals surface area contributed by atoms with E-state index in [0.717, 1.165) is 22.5 Å². The van der Waals surface area contributed by atoms with Crippen LogP contribution >= 0.6 is 0 Å². The van der Waals surface area contributed by atoms with Crippen molar-refractivity contribution < 1.29 is 0 Å². The molecule has 0 amide bonds. The number of para-hydroxylation sites is 1. The molecule has 0 radical (unpaired) electrons. The van der Waals surface area contributed by atoms with E-state index in [1.165, 1.54) is 0 Å². The minimum absolute atomic E-state index is 0.362. The largest absolute Gasteiger partial charge is 0.350 e. The van der Waals surface area contributed by atoms with Crippen LogP contribution < -0.4 is 5.32 Å². The van der Waals surface area contributed by atoms with E-state index >= 15 is 0 Å². The van der Waals surface area contributed by atoms with Gasteiger partial charge in [0.25, 0.3) is 0 Å². The minimum atomic E-state index is 0.362. The Kier molecular flexibility index (Phi) is 3.89. The maximum atomic E-state index is 4.44. The lowest BCUT2D eigenvalue weighted by atomic mass is 10.1. The molecule has 0 spiro atoms. The Balaban J connectivity index is 1.64. The lowest BCUT2D eigenvalue weighted by molar-refractivity contribution is 0.850. The molecule has 126 valence electrons. The molecule has 25 heavy (non-hydrogen) atoms. The zero-order chi connectivity index (χ0) is 17.2. The van der Waals surface area contributed by atoms with Crippen LogP contribution in [0.4, 0.5) is 5.95 Å². The van der Waals surface area contributed by atoms with Crippen molar-refractivity contribution in [2.24, 2.45) is 0 Å². The van der Waals surface area contributed by atoms with E-state index < -0.39 is 0 Å². The van der Waals surface area contributed by atoms with E-state index in [4.69, 9.17) is 0 Å². The number of benzene rings is 1. The Bertz CT molecular complexity index is 986. The molecule has 3 aromatic heterocycles. The van der Waals surface area contributed by atoms with Crippen molar-refractivity contribution in [2.75, 3.05) is 5.32 Å². The van der Waals surface area contributed by atoms with Crippen LogP contribution in [0.2, 0.25) is 0 Å². The summed E-state index contributed by atoms with van der Waals surface area (Å²) in [7, 11) is 0. The van der Waals surface area contributed by atoms with Crippen LogP contribution in [0, 0.1) is 0 Å². The predicted octanol–water partition coefficient (Wildman–Crippen LogP) is 3.05. The number of fused-ring (bicyclic) bond motifs is 1. The molecule has 1 aromatic carbocycles. The SMILES string of the molecule is CC(C)c1cnn2c(NCc3ccccc3-n3cccn3)ncnc12. The molecule has 7 heteroatoms. The van der Waals surface area contributed by atoms with Gasteiger partial charge in [-0.25, -0.2) is 14.6 Å². The predicted molar refractivity (Wildman–Crippen MR) is 95.8 cm³/mol. The third-order valence-electron chi connectivity index (χ3n) is 4.13. The Hall–Kier alpha value is -3.22. The van der Waals surface area contributed by atoms with E-state index in [-0.39, 0.29) is 0 Å². The summed E-state index contributed by atoms with van der Waals surface area (Å²) in [4.78, 5) is 8.71. The number of rotatable bonds is 5. The molecule has 0 aliphatic carbocycles. The standard InChI is InChI=1S/C18H19N7/c1-13(2)15-11-23-25-17(15)20-12-21-18(25)19-10-14-6-3-4-7-16(14)24-9-5-8-22-24/h3-9,11-13H,10H2,1-2H3,(H,19,20,21). The number of anilines is 1. The summed E-state index contributed by atoms with van der Waals surface area (Å²) in [6.07, 6.45) is 7.14. The fraction of sp³-hybridized carbons (Fsp3) is 0.222. The highest BCUT2D eigenvalue weighted by Crippen LogP contribution is 2.20. The van der Waals surface area contributed by atoms with E-state index in [0.29, 0.717) is 18.4 Å². The lowest BCUT2D eigenvalue weighted by Gasteiger charge is -2.11. The Labute approximate surface area is 145 Å². The topological polar surface area (TPSA) is 72.9 Å². The highest BCUT2D eigenvalue weighted by Gasteiger charge is 2.12. The van der Waals surface area contributed by atoms with Crippen molar-refractivity contribution in [1.82, 2.24) is 29.4 Å². The molecule has 1 N–H and O–H groups in total. The second-order valence-corrected chi connectivity index (χ2v) is 6.12. The van der Waals surface area contributed by atoms with Gasteiger partial charge < -0.3 is 5.32 Å². The maximum absolute atomic E-state index is 4.44. The number of aromatic nitrogens is 6. The lowest BCUT2D eigenvalue weighted by Crippen LogP contribution is -2.10. The van der Waals surface area contributed by atoms with Gasteiger partial charge in [0.1, 0.15) is 6.33 Å². The van der Waals surface area contributed by atoms with Crippen LogP contribution in [-0.4, -0.2) is 29.4 Å². The van der Waals surface area contributed by atoms with Crippen molar-refractivity contribution in [1.29, 1.82) is 0 Å². The molecule has 4 aromatic rings. The first kappa shape index (κ1) is 15.3. The molecule has 0 fully saturated rings. The summed E-state index contributed by atoms with van der Waals surface area (Å²) in [5.74, 6) is 1.04. The van der Waals surface area contributed by atoms with Gasteiger partial charge in [-0.1, -0.05) is 32.0 Å². The molecule has 0 unspecified atom stereocenters. The van der Waals surface area contributed by atoms with Gasteiger partial charge >= 0.3 is 0 Å². The molecule has 0 aliphatic rings. The van der Waals surface area contributed by atoms with Crippen molar-refractivity contribution in [3.8, 4) is 5.69 Å². The fourth-order valence-corrected chi connectivity index (χ4v) is 2.83.